The molecule has 0 amide bonds. The molecule has 0 aromatic heterocycles. The Morgan fingerprint density at radius 2 is 1.82 bits per heavy atom. The zero-order chi connectivity index (χ0) is 8.91. The van der Waals surface area contributed by atoms with Gasteiger partial charge >= 0.3 is 0 Å². The van der Waals surface area contributed by atoms with E-state index in [2.05, 4.69) is 6.92 Å². The summed E-state index contributed by atoms with van der Waals surface area (Å²) in [6.45, 7) is 3.69. The van der Waals surface area contributed by atoms with Crippen molar-refractivity contribution >= 4 is 9.84 Å². The molecule has 0 saturated heterocycles. The monoisotopic (exact) mass is 179 g/mol. The molecule has 0 rings (SSSR count). The van der Waals surface area contributed by atoms with Crippen molar-refractivity contribution in [3.05, 3.63) is 0 Å². The van der Waals surface area contributed by atoms with Crippen molar-refractivity contribution in [3.8, 4) is 0 Å². The standard InChI is InChI=1S/C7H17NO2S/c1-4-5-8(2)6-7-11(3,9)10/h4-7H2,1-3H3. The van der Waals surface area contributed by atoms with Crippen molar-refractivity contribution in [2.45, 2.75) is 13.3 Å². The van der Waals surface area contributed by atoms with Crippen LogP contribution in [0, 0.1) is 0 Å². The highest BCUT2D eigenvalue weighted by atomic mass is 32.2. The lowest BCUT2D eigenvalue weighted by atomic mass is 10.4. The van der Waals surface area contributed by atoms with E-state index in [1.54, 1.807) is 0 Å². The first-order valence-electron chi connectivity index (χ1n) is 3.82. The van der Waals surface area contributed by atoms with Crippen molar-refractivity contribution in [1.29, 1.82) is 0 Å². The molecule has 0 fully saturated rings. The Morgan fingerprint density at radius 3 is 2.18 bits per heavy atom. The lowest BCUT2D eigenvalue weighted by Gasteiger charge is -2.13. The zero-order valence-electron chi connectivity index (χ0n) is 7.50. The number of sulfone groups is 1. The van der Waals surface area contributed by atoms with Crippen molar-refractivity contribution < 1.29 is 8.42 Å². The molecule has 0 aliphatic carbocycles. The summed E-state index contributed by atoms with van der Waals surface area (Å²) in [7, 11) is -0.840. The third-order valence-electron chi connectivity index (χ3n) is 1.45. The van der Waals surface area contributed by atoms with E-state index < -0.39 is 9.84 Å². The Hall–Kier alpha value is -0.0900. The minimum absolute atomic E-state index is 0.267. The minimum atomic E-state index is -2.78. The van der Waals surface area contributed by atoms with E-state index >= 15 is 0 Å². The van der Waals surface area contributed by atoms with Crippen LogP contribution in [0.15, 0.2) is 0 Å². The van der Waals surface area contributed by atoms with Gasteiger partial charge in [0.15, 0.2) is 0 Å². The summed E-state index contributed by atoms with van der Waals surface area (Å²) in [5, 5.41) is 0. The average Bonchev–Trinajstić information content (AvgIpc) is 1.83. The third-order valence-corrected chi connectivity index (χ3v) is 2.37. The van der Waals surface area contributed by atoms with Crippen LogP contribution in [0.2, 0.25) is 0 Å². The Kier molecular flexibility index (Phi) is 4.68. The van der Waals surface area contributed by atoms with Crippen LogP contribution < -0.4 is 0 Å². The second-order valence-corrected chi connectivity index (χ2v) is 5.19. The summed E-state index contributed by atoms with van der Waals surface area (Å²) in [5.74, 6) is 0.267. The fraction of sp³-hybridized carbons (Fsp3) is 1.00. The largest absolute Gasteiger partial charge is 0.305 e. The molecule has 0 radical (unpaired) electrons. The van der Waals surface area contributed by atoms with E-state index in [9.17, 15) is 8.42 Å². The van der Waals surface area contributed by atoms with Crippen molar-refractivity contribution in [2.75, 3.05) is 32.1 Å². The van der Waals surface area contributed by atoms with Gasteiger partial charge in [-0.2, -0.15) is 0 Å². The normalized spacial score (nSPS) is 12.4. The number of nitrogens with zero attached hydrogens (tertiary/aromatic N) is 1. The predicted molar refractivity (Wildman–Crippen MR) is 47.5 cm³/mol. The van der Waals surface area contributed by atoms with Gasteiger partial charge in [0, 0.05) is 12.8 Å². The predicted octanol–water partition coefficient (Wildman–Crippen LogP) is 0.373. The molecule has 0 spiro atoms. The van der Waals surface area contributed by atoms with E-state index in [0.717, 1.165) is 13.0 Å². The Labute approximate surface area is 69.3 Å². The molecular formula is C7H17NO2S. The molecule has 11 heavy (non-hydrogen) atoms. The van der Waals surface area contributed by atoms with Gasteiger partial charge in [-0.05, 0) is 20.0 Å². The summed E-state index contributed by atoms with van der Waals surface area (Å²) < 4.78 is 21.4. The quantitative estimate of drug-likeness (QED) is 0.612. The van der Waals surface area contributed by atoms with Gasteiger partial charge in [-0.1, -0.05) is 6.92 Å². The summed E-state index contributed by atoms with van der Waals surface area (Å²) in [5.41, 5.74) is 0. The van der Waals surface area contributed by atoms with Crippen molar-refractivity contribution in [1.82, 2.24) is 4.90 Å². The smallest absolute Gasteiger partial charge is 0.148 e. The maximum absolute atomic E-state index is 10.7. The van der Waals surface area contributed by atoms with Crippen molar-refractivity contribution in [2.24, 2.45) is 0 Å². The summed E-state index contributed by atoms with van der Waals surface area (Å²) in [6, 6.07) is 0. The molecule has 0 aliphatic heterocycles. The van der Waals surface area contributed by atoms with Gasteiger partial charge in [0.2, 0.25) is 0 Å². The lowest BCUT2D eigenvalue weighted by Crippen LogP contribution is -2.25. The second-order valence-electron chi connectivity index (χ2n) is 2.93. The topological polar surface area (TPSA) is 37.4 Å². The second kappa shape index (κ2) is 4.72. The molecular weight excluding hydrogens is 162 g/mol. The molecule has 4 heteroatoms. The molecule has 0 heterocycles. The number of rotatable bonds is 5. The van der Waals surface area contributed by atoms with Gasteiger partial charge in [-0.25, -0.2) is 8.42 Å². The fourth-order valence-corrected chi connectivity index (χ4v) is 1.46. The van der Waals surface area contributed by atoms with Crippen LogP contribution in [0.1, 0.15) is 13.3 Å². The Balaban J connectivity index is 3.54. The van der Waals surface area contributed by atoms with Crippen LogP contribution in [0.5, 0.6) is 0 Å². The van der Waals surface area contributed by atoms with Crippen LogP contribution in [-0.2, 0) is 9.84 Å². The van der Waals surface area contributed by atoms with Gasteiger partial charge in [-0.3, -0.25) is 0 Å². The minimum Gasteiger partial charge on any atom is -0.305 e. The molecule has 0 unspecified atom stereocenters. The fourth-order valence-electron chi connectivity index (χ4n) is 0.815. The van der Waals surface area contributed by atoms with E-state index in [-0.39, 0.29) is 5.75 Å². The molecule has 0 aromatic rings. The van der Waals surface area contributed by atoms with Crippen LogP contribution >= 0.6 is 0 Å². The van der Waals surface area contributed by atoms with Gasteiger partial charge in [0.25, 0.3) is 0 Å². The van der Waals surface area contributed by atoms with E-state index in [1.807, 2.05) is 11.9 Å². The summed E-state index contributed by atoms with van der Waals surface area (Å²) >= 11 is 0. The first-order valence-corrected chi connectivity index (χ1v) is 5.88. The first-order chi connectivity index (χ1) is 4.95. The maximum atomic E-state index is 10.7. The molecule has 0 bridgehead atoms. The molecule has 68 valence electrons. The van der Waals surface area contributed by atoms with E-state index in [0.29, 0.717) is 6.54 Å². The van der Waals surface area contributed by atoms with Crippen LogP contribution in [-0.4, -0.2) is 45.5 Å². The molecule has 3 nitrogen and oxygen atoms in total. The molecule has 0 aliphatic rings. The van der Waals surface area contributed by atoms with Crippen LogP contribution in [0.3, 0.4) is 0 Å². The highest BCUT2D eigenvalue weighted by molar-refractivity contribution is 7.90. The highest BCUT2D eigenvalue weighted by Crippen LogP contribution is 1.89. The summed E-state index contributed by atoms with van der Waals surface area (Å²) in [4.78, 5) is 2.03. The Bertz CT molecular complexity index is 187. The SMILES string of the molecule is CCCN(C)CCS(C)(=O)=O. The van der Waals surface area contributed by atoms with Gasteiger partial charge < -0.3 is 4.90 Å². The van der Waals surface area contributed by atoms with E-state index in [1.165, 1.54) is 6.26 Å². The van der Waals surface area contributed by atoms with Crippen LogP contribution in [0.4, 0.5) is 0 Å². The first kappa shape index (κ1) is 10.9. The van der Waals surface area contributed by atoms with Gasteiger partial charge in [-0.15, -0.1) is 0 Å². The third kappa shape index (κ3) is 7.81. The number of hydrogen-bond donors (Lipinski definition) is 0. The maximum Gasteiger partial charge on any atom is 0.148 e. The molecule has 0 atom stereocenters. The molecule has 0 N–H and O–H groups in total. The average molecular weight is 179 g/mol. The molecule has 0 aromatic carbocycles. The highest BCUT2D eigenvalue weighted by Gasteiger charge is 2.03. The van der Waals surface area contributed by atoms with Crippen LogP contribution in [0.25, 0.3) is 0 Å². The van der Waals surface area contributed by atoms with Gasteiger partial charge in [0.05, 0.1) is 5.75 Å². The molecule has 0 saturated carbocycles. The lowest BCUT2D eigenvalue weighted by molar-refractivity contribution is 0.354. The Morgan fingerprint density at radius 1 is 1.27 bits per heavy atom. The zero-order valence-corrected chi connectivity index (χ0v) is 8.32. The summed E-state index contributed by atoms with van der Waals surface area (Å²) in [6.07, 6.45) is 2.34. The van der Waals surface area contributed by atoms with Crippen molar-refractivity contribution in [3.63, 3.8) is 0 Å². The van der Waals surface area contributed by atoms with Gasteiger partial charge in [0.1, 0.15) is 9.84 Å². The van der Waals surface area contributed by atoms with E-state index in [4.69, 9.17) is 0 Å². The number of hydrogen-bond acceptors (Lipinski definition) is 3.